The Morgan fingerprint density at radius 1 is 1.32 bits per heavy atom. The number of hydrogen-bond acceptors (Lipinski definition) is 6. The molecule has 0 radical (unpaired) electrons. The predicted molar refractivity (Wildman–Crippen MR) is 117 cm³/mol. The van der Waals surface area contributed by atoms with Crippen LogP contribution in [0.5, 0.6) is 0 Å². The minimum Gasteiger partial charge on any atom is -0.353 e. The quantitative estimate of drug-likeness (QED) is 0.516. The molecule has 0 bridgehead atoms. The molecule has 4 amide bonds. The van der Waals surface area contributed by atoms with E-state index < -0.39 is 0 Å². The molecule has 2 saturated heterocycles. The summed E-state index contributed by atoms with van der Waals surface area (Å²) in [5, 5.41) is 15.4. The summed E-state index contributed by atoms with van der Waals surface area (Å²) in [6.45, 7) is 1.56. The normalized spacial score (nSPS) is 23.0. The smallest absolute Gasteiger partial charge is 0.319 e. The van der Waals surface area contributed by atoms with Gasteiger partial charge in [0.1, 0.15) is 0 Å². The van der Waals surface area contributed by atoms with Gasteiger partial charge in [-0.25, -0.2) is 4.79 Å². The molecule has 2 aromatic rings. The lowest BCUT2D eigenvalue weighted by atomic mass is 10.0. The second kappa shape index (κ2) is 9.88. The molecule has 164 valence electrons. The van der Waals surface area contributed by atoms with E-state index in [9.17, 15) is 14.4 Å². The minimum atomic E-state index is -0.274. The van der Waals surface area contributed by atoms with Crippen LogP contribution in [0.2, 0.25) is 0 Å². The highest BCUT2D eigenvalue weighted by molar-refractivity contribution is 7.08. The predicted octanol–water partition coefficient (Wildman–Crippen LogP) is 1.30. The molecule has 4 heterocycles. The van der Waals surface area contributed by atoms with Crippen molar-refractivity contribution in [3.63, 3.8) is 0 Å². The maximum Gasteiger partial charge on any atom is 0.319 e. The van der Waals surface area contributed by atoms with E-state index in [-0.39, 0.29) is 36.0 Å². The number of pyridine rings is 1. The SMILES string of the molecule is O=C(CCC1CNC(=O)C2CC(NC(=O)Nc3ccsc3)CN12)NCc1cccnc1. The lowest BCUT2D eigenvalue weighted by Crippen LogP contribution is -2.58. The number of anilines is 1. The fraction of sp³-hybridized carbons (Fsp3) is 0.429. The Kier molecular flexibility index (Phi) is 6.78. The zero-order valence-corrected chi connectivity index (χ0v) is 17.9. The standard InChI is InChI=1S/C21H26N6O3S/c28-19(23-10-14-2-1-6-22-9-14)4-3-17-11-24-20(29)18-8-16(12-27(17)18)26-21(30)25-15-5-7-31-13-15/h1-2,5-7,9,13,16-18H,3-4,8,10-12H2,(H,23,28)(H,24,29)(H2,25,26,30). The number of rotatable bonds is 7. The summed E-state index contributed by atoms with van der Waals surface area (Å²) in [6.07, 6.45) is 5.01. The molecule has 0 spiro atoms. The Bertz CT molecular complexity index is 907. The lowest BCUT2D eigenvalue weighted by Gasteiger charge is -2.37. The second-order valence-corrected chi connectivity index (χ2v) is 8.61. The molecule has 0 aliphatic carbocycles. The first-order valence-corrected chi connectivity index (χ1v) is 11.3. The molecule has 3 atom stereocenters. The van der Waals surface area contributed by atoms with E-state index in [0.29, 0.717) is 38.9 Å². The van der Waals surface area contributed by atoms with Crippen molar-refractivity contribution >= 4 is 34.9 Å². The van der Waals surface area contributed by atoms with Crippen LogP contribution in [0.1, 0.15) is 24.8 Å². The number of urea groups is 1. The van der Waals surface area contributed by atoms with Crippen LogP contribution < -0.4 is 21.3 Å². The molecule has 0 saturated carbocycles. The van der Waals surface area contributed by atoms with Gasteiger partial charge < -0.3 is 21.3 Å². The van der Waals surface area contributed by atoms with Crippen LogP contribution in [-0.4, -0.2) is 58.9 Å². The van der Waals surface area contributed by atoms with Crippen molar-refractivity contribution in [1.29, 1.82) is 0 Å². The molecule has 10 heteroatoms. The van der Waals surface area contributed by atoms with E-state index in [1.807, 2.05) is 29.0 Å². The molecule has 2 aliphatic heterocycles. The highest BCUT2D eigenvalue weighted by atomic mass is 32.1. The second-order valence-electron chi connectivity index (χ2n) is 7.83. The summed E-state index contributed by atoms with van der Waals surface area (Å²) in [5.74, 6) is -0.0406. The van der Waals surface area contributed by atoms with Crippen molar-refractivity contribution < 1.29 is 14.4 Å². The van der Waals surface area contributed by atoms with Crippen molar-refractivity contribution in [3.8, 4) is 0 Å². The first-order valence-electron chi connectivity index (χ1n) is 10.4. The van der Waals surface area contributed by atoms with Gasteiger partial charge in [0.2, 0.25) is 11.8 Å². The Hall–Kier alpha value is -2.98. The number of nitrogens with one attached hydrogen (secondary N) is 4. The Morgan fingerprint density at radius 3 is 3.00 bits per heavy atom. The highest BCUT2D eigenvalue weighted by Gasteiger charge is 2.43. The number of carbonyl (C=O) groups excluding carboxylic acids is 3. The molecule has 4 rings (SSSR count). The first kappa shape index (κ1) is 21.3. The summed E-state index contributed by atoms with van der Waals surface area (Å²) in [5.41, 5.74) is 1.71. The third kappa shape index (κ3) is 5.59. The number of fused-ring (bicyclic) bond motifs is 1. The van der Waals surface area contributed by atoms with E-state index in [1.54, 1.807) is 12.4 Å². The average molecular weight is 443 g/mol. The number of piperazine rings is 1. The van der Waals surface area contributed by atoms with Crippen LogP contribution in [0.3, 0.4) is 0 Å². The van der Waals surface area contributed by atoms with Crippen LogP contribution in [0.25, 0.3) is 0 Å². The lowest BCUT2D eigenvalue weighted by molar-refractivity contribution is -0.129. The molecular formula is C21H26N6O3S. The number of thiophene rings is 1. The van der Waals surface area contributed by atoms with Gasteiger partial charge in [0.05, 0.1) is 11.7 Å². The summed E-state index contributed by atoms with van der Waals surface area (Å²) in [7, 11) is 0. The van der Waals surface area contributed by atoms with Crippen molar-refractivity contribution in [2.75, 3.05) is 18.4 Å². The summed E-state index contributed by atoms with van der Waals surface area (Å²) in [4.78, 5) is 43.0. The van der Waals surface area contributed by atoms with Gasteiger partial charge in [-0.2, -0.15) is 11.3 Å². The third-order valence-electron chi connectivity index (χ3n) is 5.65. The van der Waals surface area contributed by atoms with E-state index in [4.69, 9.17) is 0 Å². The average Bonchev–Trinajstić information content (AvgIpc) is 3.43. The molecule has 9 nitrogen and oxygen atoms in total. The van der Waals surface area contributed by atoms with Gasteiger partial charge in [-0.3, -0.25) is 19.5 Å². The number of carbonyl (C=O) groups is 3. The maximum atomic E-state index is 12.3. The van der Waals surface area contributed by atoms with E-state index in [1.165, 1.54) is 11.3 Å². The van der Waals surface area contributed by atoms with Crippen molar-refractivity contribution in [2.45, 2.75) is 43.9 Å². The maximum absolute atomic E-state index is 12.3. The molecule has 2 aromatic heterocycles. The number of amides is 4. The number of hydrogen-bond donors (Lipinski definition) is 4. The Morgan fingerprint density at radius 2 is 2.23 bits per heavy atom. The van der Waals surface area contributed by atoms with Crippen LogP contribution in [0, 0.1) is 0 Å². The van der Waals surface area contributed by atoms with E-state index in [2.05, 4.69) is 31.2 Å². The van der Waals surface area contributed by atoms with Crippen LogP contribution in [0.4, 0.5) is 10.5 Å². The van der Waals surface area contributed by atoms with Crippen LogP contribution >= 0.6 is 11.3 Å². The van der Waals surface area contributed by atoms with Crippen molar-refractivity contribution in [1.82, 2.24) is 25.8 Å². The summed E-state index contributed by atoms with van der Waals surface area (Å²) >= 11 is 1.51. The van der Waals surface area contributed by atoms with Crippen molar-refractivity contribution in [2.24, 2.45) is 0 Å². The Labute approximate surface area is 184 Å². The van der Waals surface area contributed by atoms with Gasteiger partial charge in [-0.15, -0.1) is 0 Å². The van der Waals surface area contributed by atoms with E-state index in [0.717, 1.165) is 11.3 Å². The largest absolute Gasteiger partial charge is 0.353 e. The first-order chi connectivity index (χ1) is 15.1. The molecule has 31 heavy (non-hydrogen) atoms. The molecular weight excluding hydrogens is 416 g/mol. The van der Waals surface area contributed by atoms with Crippen LogP contribution in [-0.2, 0) is 16.1 Å². The van der Waals surface area contributed by atoms with Gasteiger partial charge in [-0.1, -0.05) is 6.07 Å². The zero-order chi connectivity index (χ0) is 21.6. The fourth-order valence-electron chi connectivity index (χ4n) is 4.13. The molecule has 0 aromatic carbocycles. The van der Waals surface area contributed by atoms with Gasteiger partial charge >= 0.3 is 6.03 Å². The molecule has 2 fully saturated rings. The van der Waals surface area contributed by atoms with Gasteiger partial charge in [0.15, 0.2) is 0 Å². The van der Waals surface area contributed by atoms with Crippen LogP contribution in [0.15, 0.2) is 41.4 Å². The molecule has 3 unspecified atom stereocenters. The van der Waals surface area contributed by atoms with Crippen molar-refractivity contribution in [3.05, 3.63) is 46.9 Å². The highest BCUT2D eigenvalue weighted by Crippen LogP contribution is 2.26. The summed E-state index contributed by atoms with van der Waals surface area (Å²) in [6, 6.07) is 5.00. The van der Waals surface area contributed by atoms with Gasteiger partial charge in [0, 0.05) is 55.9 Å². The minimum absolute atomic E-state index is 0.0141. The number of aromatic nitrogens is 1. The molecule has 2 aliphatic rings. The third-order valence-corrected chi connectivity index (χ3v) is 6.34. The van der Waals surface area contributed by atoms with Gasteiger partial charge in [-0.05, 0) is 35.9 Å². The topological polar surface area (TPSA) is 115 Å². The summed E-state index contributed by atoms with van der Waals surface area (Å²) < 4.78 is 0. The van der Waals surface area contributed by atoms with Gasteiger partial charge in [0.25, 0.3) is 0 Å². The fourth-order valence-corrected chi connectivity index (χ4v) is 4.71. The zero-order valence-electron chi connectivity index (χ0n) is 17.0. The number of nitrogens with zero attached hydrogens (tertiary/aromatic N) is 2. The monoisotopic (exact) mass is 442 g/mol. The molecule has 4 N–H and O–H groups in total. The Balaban J connectivity index is 1.26. The van der Waals surface area contributed by atoms with E-state index >= 15 is 0 Å².